The largest absolute Gasteiger partial charge is 0.444 e. The van der Waals surface area contributed by atoms with Gasteiger partial charge in [-0.05, 0) is 63.4 Å². The van der Waals surface area contributed by atoms with E-state index in [-0.39, 0.29) is 11.3 Å². The van der Waals surface area contributed by atoms with Crippen LogP contribution < -0.4 is 16.0 Å². The monoisotopic (exact) mass is 559 g/mol. The third-order valence-electron chi connectivity index (χ3n) is 6.84. The molecule has 1 aromatic heterocycles. The highest BCUT2D eigenvalue weighted by Crippen LogP contribution is 2.36. The first-order valence-electron chi connectivity index (χ1n) is 12.8. The molecule has 0 saturated heterocycles. The first-order chi connectivity index (χ1) is 17.8. The Morgan fingerprint density at radius 3 is 2.45 bits per heavy atom. The number of carbonyl (C=O) groups excluding carboxylic acids is 2. The topological polar surface area (TPSA) is 97.3 Å². The van der Waals surface area contributed by atoms with Crippen molar-refractivity contribution < 1.29 is 14.3 Å². The zero-order valence-electron chi connectivity index (χ0n) is 22.5. The average molecular weight is 561 g/mol. The number of anilines is 3. The molecule has 0 aliphatic heterocycles. The molecule has 8 nitrogen and oxygen atoms in total. The summed E-state index contributed by atoms with van der Waals surface area (Å²) >= 11 is 12.9. The van der Waals surface area contributed by atoms with Crippen molar-refractivity contribution in [3.63, 3.8) is 0 Å². The van der Waals surface area contributed by atoms with Crippen molar-refractivity contribution in [3.05, 3.63) is 45.9 Å². The van der Waals surface area contributed by atoms with Crippen molar-refractivity contribution in [2.75, 3.05) is 10.6 Å². The second-order valence-electron chi connectivity index (χ2n) is 11.2. The van der Waals surface area contributed by atoms with Crippen LogP contribution in [0.4, 0.5) is 22.1 Å². The van der Waals surface area contributed by atoms with E-state index in [2.05, 4.69) is 27.9 Å². The Morgan fingerprint density at radius 2 is 1.76 bits per heavy atom. The number of hydrogen-bond donors (Lipinski definition) is 3. The fourth-order valence-corrected chi connectivity index (χ4v) is 5.06. The van der Waals surface area contributed by atoms with Crippen molar-refractivity contribution in [1.29, 1.82) is 0 Å². The van der Waals surface area contributed by atoms with Crippen molar-refractivity contribution >= 4 is 63.6 Å². The zero-order chi connectivity index (χ0) is 27.7. The summed E-state index contributed by atoms with van der Waals surface area (Å²) in [6, 6.07) is 9.05. The van der Waals surface area contributed by atoms with E-state index in [9.17, 15) is 9.59 Å². The van der Waals surface area contributed by atoms with Crippen LogP contribution in [-0.4, -0.2) is 27.2 Å². The van der Waals surface area contributed by atoms with Crippen molar-refractivity contribution in [2.24, 2.45) is 12.5 Å². The lowest BCUT2D eigenvalue weighted by atomic mass is 9.75. The number of hydrogen-bond acceptors (Lipinski definition) is 5. The maximum Gasteiger partial charge on any atom is 0.412 e. The van der Waals surface area contributed by atoms with Crippen LogP contribution in [0.3, 0.4) is 0 Å². The lowest BCUT2D eigenvalue weighted by Gasteiger charge is -2.32. The first-order valence-corrected chi connectivity index (χ1v) is 13.6. The number of halogens is 2. The fraction of sp³-hybridized carbons (Fsp3) is 0.464. The van der Waals surface area contributed by atoms with E-state index < -0.39 is 11.7 Å². The minimum Gasteiger partial charge on any atom is -0.444 e. The van der Waals surface area contributed by atoms with Gasteiger partial charge in [-0.15, -0.1) is 0 Å². The summed E-state index contributed by atoms with van der Waals surface area (Å²) in [5.41, 5.74) is 2.49. The first kappa shape index (κ1) is 28.0. The molecule has 0 spiro atoms. The summed E-state index contributed by atoms with van der Waals surface area (Å²) in [4.78, 5) is 29.8. The molecule has 3 aromatic rings. The van der Waals surface area contributed by atoms with Crippen molar-refractivity contribution in [2.45, 2.75) is 71.9 Å². The number of benzene rings is 2. The predicted octanol–water partition coefficient (Wildman–Crippen LogP) is 7.56. The maximum atomic E-state index is 12.9. The van der Waals surface area contributed by atoms with Gasteiger partial charge in [-0.2, -0.15) is 0 Å². The molecule has 4 rings (SSSR count). The number of imidazole rings is 1. The summed E-state index contributed by atoms with van der Waals surface area (Å²) in [5, 5.41) is 9.96. The zero-order valence-corrected chi connectivity index (χ0v) is 24.0. The van der Waals surface area contributed by atoms with E-state index in [1.54, 1.807) is 39.0 Å². The van der Waals surface area contributed by atoms with Gasteiger partial charge in [0.1, 0.15) is 5.60 Å². The van der Waals surface area contributed by atoms with Gasteiger partial charge in [0.25, 0.3) is 0 Å². The number of aromatic nitrogens is 2. The molecule has 38 heavy (non-hydrogen) atoms. The molecule has 204 valence electrons. The van der Waals surface area contributed by atoms with E-state index in [0.29, 0.717) is 39.4 Å². The number of nitrogens with one attached hydrogen (secondary N) is 3. The Hall–Kier alpha value is -2.97. The molecule has 1 aliphatic carbocycles. The van der Waals surface area contributed by atoms with Gasteiger partial charge in [-0.3, -0.25) is 10.1 Å². The molecule has 2 amide bonds. The SMILES string of the molecule is Cn1c(Nc2cc(CNC(=O)C3(C)CCCCC3)ccc2Cl)nc2cc(Cl)c(NC(=O)OC(C)(C)C)cc21. The minimum absolute atomic E-state index is 0.102. The lowest BCUT2D eigenvalue weighted by Crippen LogP contribution is -2.39. The molecule has 2 aromatic carbocycles. The molecule has 1 fully saturated rings. The lowest BCUT2D eigenvalue weighted by molar-refractivity contribution is -0.132. The van der Waals surface area contributed by atoms with Gasteiger partial charge in [0.2, 0.25) is 11.9 Å². The van der Waals surface area contributed by atoms with Crippen LogP contribution in [-0.2, 0) is 23.1 Å². The van der Waals surface area contributed by atoms with E-state index in [1.807, 2.05) is 23.7 Å². The third kappa shape index (κ3) is 6.53. The van der Waals surface area contributed by atoms with Gasteiger partial charge in [0.15, 0.2) is 0 Å². The number of fused-ring (bicyclic) bond motifs is 1. The normalized spacial score (nSPS) is 15.2. The summed E-state index contributed by atoms with van der Waals surface area (Å²) in [6.45, 7) is 7.85. The van der Waals surface area contributed by atoms with Gasteiger partial charge in [-0.1, -0.05) is 55.5 Å². The van der Waals surface area contributed by atoms with Crippen molar-refractivity contribution in [1.82, 2.24) is 14.9 Å². The van der Waals surface area contributed by atoms with E-state index in [0.717, 1.165) is 36.8 Å². The molecule has 0 atom stereocenters. The average Bonchev–Trinajstić information content (AvgIpc) is 3.12. The molecule has 0 bridgehead atoms. The number of carbonyl (C=O) groups is 2. The van der Waals surface area contributed by atoms with Crippen LogP contribution in [0, 0.1) is 5.41 Å². The molecule has 10 heteroatoms. The quantitative estimate of drug-likeness (QED) is 0.289. The van der Waals surface area contributed by atoms with Gasteiger partial charge in [-0.25, -0.2) is 9.78 Å². The molecule has 1 saturated carbocycles. The molecular weight excluding hydrogens is 525 g/mol. The summed E-state index contributed by atoms with van der Waals surface area (Å²) in [6.07, 6.45) is 4.66. The molecular formula is C28H35Cl2N5O3. The van der Waals surface area contributed by atoms with Gasteiger partial charge < -0.3 is 19.9 Å². The van der Waals surface area contributed by atoms with E-state index >= 15 is 0 Å². The van der Waals surface area contributed by atoms with Crippen LogP contribution >= 0.6 is 23.2 Å². The van der Waals surface area contributed by atoms with Crippen LogP contribution in [0.2, 0.25) is 10.0 Å². The number of amides is 2. The van der Waals surface area contributed by atoms with E-state index in [1.165, 1.54) is 6.42 Å². The fourth-order valence-electron chi connectivity index (χ4n) is 4.69. The highest BCUT2D eigenvalue weighted by atomic mass is 35.5. The number of ether oxygens (including phenoxy) is 1. The van der Waals surface area contributed by atoms with Crippen LogP contribution in [0.5, 0.6) is 0 Å². The Kier molecular flexibility index (Phi) is 8.14. The smallest absolute Gasteiger partial charge is 0.412 e. The highest BCUT2D eigenvalue weighted by Gasteiger charge is 2.34. The molecule has 0 unspecified atom stereocenters. The number of nitrogens with zero attached hydrogens (tertiary/aromatic N) is 2. The molecule has 3 N–H and O–H groups in total. The van der Waals surface area contributed by atoms with Crippen LogP contribution in [0.15, 0.2) is 30.3 Å². The number of rotatable bonds is 6. The van der Waals surface area contributed by atoms with Crippen LogP contribution in [0.25, 0.3) is 11.0 Å². The standard InChI is InChI=1S/C28H35Cl2N5O3/c1-27(2,3)38-26(37)34-21-15-23-22(14-19(21)30)33-25(35(23)5)32-20-13-17(9-10-18(20)29)16-31-24(36)28(4)11-7-6-8-12-28/h9-10,13-15H,6-8,11-12,16H2,1-5H3,(H,31,36)(H,32,33)(H,34,37). The van der Waals surface area contributed by atoms with Crippen molar-refractivity contribution in [3.8, 4) is 0 Å². The summed E-state index contributed by atoms with van der Waals surface area (Å²) < 4.78 is 7.19. The Labute approximate surface area is 233 Å². The Bertz CT molecular complexity index is 1360. The Balaban J connectivity index is 1.50. The van der Waals surface area contributed by atoms with Gasteiger partial charge in [0.05, 0.1) is 32.5 Å². The third-order valence-corrected chi connectivity index (χ3v) is 7.48. The van der Waals surface area contributed by atoms with Gasteiger partial charge in [0, 0.05) is 19.0 Å². The van der Waals surface area contributed by atoms with Gasteiger partial charge >= 0.3 is 6.09 Å². The Morgan fingerprint density at radius 1 is 1.05 bits per heavy atom. The minimum atomic E-state index is -0.630. The second kappa shape index (κ2) is 11.0. The maximum absolute atomic E-state index is 12.9. The van der Waals surface area contributed by atoms with E-state index in [4.69, 9.17) is 27.9 Å². The molecule has 1 heterocycles. The second-order valence-corrected chi connectivity index (χ2v) is 12.0. The number of aryl methyl sites for hydroxylation is 1. The van der Waals surface area contributed by atoms with Crippen LogP contribution in [0.1, 0.15) is 65.4 Å². The molecule has 1 aliphatic rings. The summed E-state index contributed by atoms with van der Waals surface area (Å²) in [5.74, 6) is 0.646. The predicted molar refractivity (Wildman–Crippen MR) is 153 cm³/mol. The highest BCUT2D eigenvalue weighted by molar-refractivity contribution is 6.34. The molecule has 0 radical (unpaired) electrons. The summed E-state index contributed by atoms with van der Waals surface area (Å²) in [7, 11) is 1.85.